The third kappa shape index (κ3) is 4.45. The van der Waals surface area contributed by atoms with Crippen molar-refractivity contribution in [2.45, 2.75) is 13.0 Å². The fourth-order valence-electron chi connectivity index (χ4n) is 2.61. The van der Waals surface area contributed by atoms with Gasteiger partial charge in [0.05, 0.1) is 11.9 Å². The number of carbonyl (C=O) groups is 1. The molecule has 8 heteroatoms. The molecule has 138 valence electrons. The van der Waals surface area contributed by atoms with Crippen LogP contribution in [0.5, 0.6) is 11.5 Å². The first-order valence-electron chi connectivity index (χ1n) is 8.11. The van der Waals surface area contributed by atoms with Crippen LogP contribution in [0.3, 0.4) is 0 Å². The highest BCUT2D eigenvalue weighted by molar-refractivity contribution is 7.92. The van der Waals surface area contributed by atoms with E-state index in [1.165, 1.54) is 4.31 Å². The fourth-order valence-corrected chi connectivity index (χ4v) is 3.53. The predicted octanol–water partition coefficient (Wildman–Crippen LogP) is 1.89. The summed E-state index contributed by atoms with van der Waals surface area (Å²) in [5.74, 6) is 0.843. The molecule has 0 atom stereocenters. The molecule has 26 heavy (non-hydrogen) atoms. The standard InChI is InChI=1S/C18H20N2O5S/c1-26(22,23)20(15-7-8-16-17(11-15)25-13-24-16)10-9-18(21)19-12-14-5-3-2-4-6-14/h2-8,11H,9-10,12-13H2,1H3,(H,19,21). The van der Waals surface area contributed by atoms with Gasteiger partial charge in [-0.1, -0.05) is 30.3 Å². The van der Waals surface area contributed by atoms with Crippen molar-refractivity contribution >= 4 is 21.6 Å². The van der Waals surface area contributed by atoms with E-state index >= 15 is 0 Å². The third-order valence-electron chi connectivity index (χ3n) is 3.92. The minimum absolute atomic E-state index is 0.0408. The Morgan fingerprint density at radius 1 is 1.12 bits per heavy atom. The van der Waals surface area contributed by atoms with Crippen LogP contribution < -0.4 is 19.1 Å². The molecule has 1 heterocycles. The average molecular weight is 376 g/mol. The summed E-state index contributed by atoms with van der Waals surface area (Å²) < 4.78 is 36.0. The highest BCUT2D eigenvalue weighted by atomic mass is 32.2. The second-order valence-electron chi connectivity index (χ2n) is 5.89. The highest BCUT2D eigenvalue weighted by Crippen LogP contribution is 2.36. The van der Waals surface area contributed by atoms with Crippen molar-refractivity contribution in [1.82, 2.24) is 5.32 Å². The van der Waals surface area contributed by atoms with Crippen molar-refractivity contribution in [3.8, 4) is 11.5 Å². The molecule has 0 fully saturated rings. The highest BCUT2D eigenvalue weighted by Gasteiger charge is 2.22. The molecule has 3 rings (SSSR count). The molecular weight excluding hydrogens is 356 g/mol. The SMILES string of the molecule is CS(=O)(=O)N(CCC(=O)NCc1ccccc1)c1ccc2c(c1)OCO2. The Hall–Kier alpha value is -2.74. The van der Waals surface area contributed by atoms with Crippen LogP contribution in [0, 0.1) is 0 Å². The van der Waals surface area contributed by atoms with Gasteiger partial charge in [-0.3, -0.25) is 9.10 Å². The maximum atomic E-state index is 12.1. The Morgan fingerprint density at radius 3 is 2.58 bits per heavy atom. The number of amides is 1. The van der Waals surface area contributed by atoms with Crippen molar-refractivity contribution in [1.29, 1.82) is 0 Å². The predicted molar refractivity (Wildman–Crippen MR) is 97.7 cm³/mol. The van der Waals surface area contributed by atoms with Gasteiger partial charge >= 0.3 is 0 Å². The van der Waals surface area contributed by atoms with E-state index in [4.69, 9.17) is 9.47 Å². The van der Waals surface area contributed by atoms with E-state index in [9.17, 15) is 13.2 Å². The molecule has 0 aliphatic carbocycles. The van der Waals surface area contributed by atoms with Gasteiger partial charge in [0.25, 0.3) is 0 Å². The van der Waals surface area contributed by atoms with E-state index in [1.54, 1.807) is 18.2 Å². The first-order chi connectivity index (χ1) is 12.4. The van der Waals surface area contributed by atoms with Crippen LogP contribution in [0.1, 0.15) is 12.0 Å². The molecule has 1 amide bonds. The lowest BCUT2D eigenvalue weighted by Crippen LogP contribution is -2.34. The van der Waals surface area contributed by atoms with Gasteiger partial charge in [-0.25, -0.2) is 8.42 Å². The van der Waals surface area contributed by atoms with Gasteiger partial charge < -0.3 is 14.8 Å². The number of fused-ring (bicyclic) bond motifs is 1. The number of ether oxygens (including phenoxy) is 2. The lowest BCUT2D eigenvalue weighted by atomic mass is 10.2. The third-order valence-corrected chi connectivity index (χ3v) is 5.11. The van der Waals surface area contributed by atoms with Gasteiger partial charge in [-0.15, -0.1) is 0 Å². The molecule has 1 N–H and O–H groups in total. The topological polar surface area (TPSA) is 84.9 Å². The average Bonchev–Trinajstić information content (AvgIpc) is 3.08. The molecule has 0 radical (unpaired) electrons. The molecule has 0 unspecified atom stereocenters. The monoisotopic (exact) mass is 376 g/mol. The molecule has 0 aromatic heterocycles. The Morgan fingerprint density at radius 2 is 1.85 bits per heavy atom. The van der Waals surface area contributed by atoms with Gasteiger partial charge in [0.15, 0.2) is 11.5 Å². The fraction of sp³-hybridized carbons (Fsp3) is 0.278. The first kappa shape index (κ1) is 18.1. The van der Waals surface area contributed by atoms with E-state index in [0.29, 0.717) is 23.7 Å². The van der Waals surface area contributed by atoms with Crippen LogP contribution in [-0.4, -0.2) is 33.9 Å². The number of hydrogen-bond acceptors (Lipinski definition) is 5. The number of hydrogen-bond donors (Lipinski definition) is 1. The zero-order chi connectivity index (χ0) is 18.6. The quantitative estimate of drug-likeness (QED) is 0.798. The van der Waals surface area contributed by atoms with Crippen molar-refractivity contribution < 1.29 is 22.7 Å². The normalized spacial score (nSPS) is 12.7. The molecule has 1 aliphatic rings. The molecule has 0 saturated carbocycles. The van der Waals surface area contributed by atoms with E-state index in [-0.39, 0.29) is 25.7 Å². The summed E-state index contributed by atoms with van der Waals surface area (Å²) in [7, 11) is -3.54. The maximum absolute atomic E-state index is 12.1. The largest absolute Gasteiger partial charge is 0.454 e. The van der Waals surface area contributed by atoms with Crippen LogP contribution >= 0.6 is 0 Å². The summed E-state index contributed by atoms with van der Waals surface area (Å²) in [5.41, 5.74) is 1.42. The second kappa shape index (κ2) is 7.65. The number of nitrogens with zero attached hydrogens (tertiary/aromatic N) is 1. The summed E-state index contributed by atoms with van der Waals surface area (Å²) in [5, 5.41) is 2.79. The maximum Gasteiger partial charge on any atom is 0.232 e. The summed E-state index contributed by atoms with van der Waals surface area (Å²) in [6.45, 7) is 0.557. The first-order valence-corrected chi connectivity index (χ1v) is 9.96. The van der Waals surface area contributed by atoms with Crippen LogP contribution in [0.25, 0.3) is 0 Å². The number of rotatable bonds is 7. The minimum Gasteiger partial charge on any atom is -0.454 e. The Kier molecular flexibility index (Phi) is 5.32. The summed E-state index contributed by atoms with van der Waals surface area (Å²) in [6, 6.07) is 14.4. The van der Waals surface area contributed by atoms with Gasteiger partial charge in [0.2, 0.25) is 22.7 Å². The lowest BCUT2D eigenvalue weighted by Gasteiger charge is -2.22. The molecule has 7 nitrogen and oxygen atoms in total. The van der Waals surface area contributed by atoms with Crippen LogP contribution in [0.15, 0.2) is 48.5 Å². The molecular formula is C18H20N2O5S. The van der Waals surface area contributed by atoms with Crippen molar-refractivity contribution in [2.24, 2.45) is 0 Å². The Balaban J connectivity index is 1.63. The minimum atomic E-state index is -3.54. The van der Waals surface area contributed by atoms with Gasteiger partial charge in [0, 0.05) is 25.6 Å². The van der Waals surface area contributed by atoms with E-state index in [1.807, 2.05) is 30.3 Å². The number of benzene rings is 2. The summed E-state index contributed by atoms with van der Waals surface area (Å²) >= 11 is 0. The van der Waals surface area contributed by atoms with Gasteiger partial charge in [-0.05, 0) is 17.7 Å². The molecule has 0 saturated heterocycles. The second-order valence-corrected chi connectivity index (χ2v) is 7.79. The lowest BCUT2D eigenvalue weighted by molar-refractivity contribution is -0.121. The molecule has 1 aliphatic heterocycles. The van der Waals surface area contributed by atoms with Gasteiger partial charge in [0.1, 0.15) is 0 Å². The number of nitrogens with one attached hydrogen (secondary N) is 1. The number of carbonyl (C=O) groups excluding carboxylic acids is 1. The van der Waals surface area contributed by atoms with Crippen molar-refractivity contribution in [2.75, 3.05) is 23.9 Å². The van der Waals surface area contributed by atoms with Crippen molar-refractivity contribution in [3.05, 3.63) is 54.1 Å². The van der Waals surface area contributed by atoms with Crippen LogP contribution in [0.2, 0.25) is 0 Å². The molecule has 2 aromatic carbocycles. The van der Waals surface area contributed by atoms with E-state index in [0.717, 1.165) is 11.8 Å². The Bertz CT molecular complexity index is 884. The summed E-state index contributed by atoms with van der Waals surface area (Å²) in [6.07, 6.45) is 1.16. The molecule has 0 spiro atoms. The van der Waals surface area contributed by atoms with E-state index in [2.05, 4.69) is 5.32 Å². The smallest absolute Gasteiger partial charge is 0.232 e. The van der Waals surface area contributed by atoms with Crippen LogP contribution in [0.4, 0.5) is 5.69 Å². The van der Waals surface area contributed by atoms with Crippen molar-refractivity contribution in [3.63, 3.8) is 0 Å². The zero-order valence-corrected chi connectivity index (χ0v) is 15.2. The molecule has 0 bridgehead atoms. The summed E-state index contributed by atoms with van der Waals surface area (Å²) in [4.78, 5) is 12.1. The van der Waals surface area contributed by atoms with Gasteiger partial charge in [-0.2, -0.15) is 0 Å². The molecule has 2 aromatic rings. The Labute approximate surface area is 152 Å². The van der Waals surface area contributed by atoms with E-state index < -0.39 is 10.0 Å². The number of anilines is 1. The van der Waals surface area contributed by atoms with Crippen LogP contribution in [-0.2, 0) is 21.4 Å². The zero-order valence-electron chi connectivity index (χ0n) is 14.3. The number of sulfonamides is 1.